The predicted molar refractivity (Wildman–Crippen MR) is 79.8 cm³/mol. The van der Waals surface area contributed by atoms with Gasteiger partial charge >= 0.3 is 32.4 Å². The van der Waals surface area contributed by atoms with Crippen LogP contribution in [0.3, 0.4) is 0 Å². The van der Waals surface area contributed by atoms with Gasteiger partial charge in [0.25, 0.3) is 5.69 Å². The van der Waals surface area contributed by atoms with Gasteiger partial charge in [0.15, 0.2) is 0 Å². The van der Waals surface area contributed by atoms with Crippen molar-refractivity contribution in [2.45, 2.75) is 34.6 Å². The molecule has 5 nitrogen and oxygen atoms in total. The summed E-state index contributed by atoms with van der Waals surface area (Å²) in [6.45, 7) is 14.3. The fraction of sp³-hybridized carbons (Fsp3) is 0.375. The summed E-state index contributed by atoms with van der Waals surface area (Å²) < 4.78 is 10.7. The Morgan fingerprint density at radius 3 is 2.29 bits per heavy atom. The molecule has 1 aromatic rings. The molecule has 0 aliphatic carbocycles. The molecule has 0 fully saturated rings. The summed E-state index contributed by atoms with van der Waals surface area (Å²) >= 11 is 3.33. The van der Waals surface area contributed by atoms with Crippen molar-refractivity contribution in [2.75, 3.05) is 6.79 Å². The first-order valence-corrected chi connectivity index (χ1v) is 17.6. The van der Waals surface area contributed by atoms with Crippen LogP contribution in [0.2, 0.25) is 0 Å². The van der Waals surface area contributed by atoms with E-state index in [2.05, 4.69) is 6.26 Å². The maximum atomic E-state index is 10.9. The number of nitro benzene ring substituents is 1. The van der Waals surface area contributed by atoms with Crippen molar-refractivity contribution in [2.24, 2.45) is 0 Å². The third kappa shape index (κ3) is 7.76. The number of nitro groups is 1. The van der Waals surface area contributed by atoms with Crippen molar-refractivity contribution in [1.29, 1.82) is 0 Å². The van der Waals surface area contributed by atoms with E-state index in [0.29, 0.717) is 28.0 Å². The van der Waals surface area contributed by atoms with Crippen molar-refractivity contribution < 1.29 is 67.9 Å². The van der Waals surface area contributed by atoms with E-state index in [1.807, 2.05) is 0 Å². The van der Waals surface area contributed by atoms with Crippen molar-refractivity contribution in [1.82, 2.24) is 0 Å². The molecule has 0 aliphatic heterocycles. The van der Waals surface area contributed by atoms with E-state index in [1.165, 1.54) is 6.07 Å². The molecular weight excluding hydrogens is 822 g/mol. The zero-order chi connectivity index (χ0) is 18.2. The Morgan fingerprint density at radius 2 is 1.83 bits per heavy atom. The van der Waals surface area contributed by atoms with E-state index in [9.17, 15) is 10.1 Å². The molecule has 0 aliphatic rings. The van der Waals surface area contributed by atoms with Crippen LogP contribution in [0.5, 0.6) is 5.75 Å². The second kappa shape index (κ2) is 13.0. The summed E-state index contributed by atoms with van der Waals surface area (Å²) in [5, 5.41) is 10.9. The number of hydrogen-bond acceptors (Lipinski definition) is 4. The Labute approximate surface area is 176 Å². The Balaban J connectivity index is 0. The monoisotopic (exact) mass is 841 g/mol. The molecule has 0 unspecified atom stereocenters. The van der Waals surface area contributed by atoms with Gasteiger partial charge in [0.2, 0.25) is 6.79 Å². The second-order valence-electron chi connectivity index (χ2n) is 4.87. The number of nitrogens with zero attached hydrogens (tertiary/aromatic N) is 1. The van der Waals surface area contributed by atoms with Gasteiger partial charge in [-0.05, 0) is 26.3 Å². The van der Waals surface area contributed by atoms with Crippen LogP contribution < -0.4 is 4.74 Å². The molecule has 1 aromatic carbocycles. The summed E-state index contributed by atoms with van der Waals surface area (Å²) in [6, 6.07) is 1.50. The van der Waals surface area contributed by atoms with E-state index in [0.717, 1.165) is 5.56 Å². The van der Waals surface area contributed by atoms with Crippen molar-refractivity contribution >= 4 is 5.69 Å². The van der Waals surface area contributed by atoms with Gasteiger partial charge in [-0.15, -0.1) is 13.8 Å². The minimum absolute atomic E-state index is 0. The first-order valence-electron chi connectivity index (χ1n) is 6.61. The van der Waals surface area contributed by atoms with Crippen LogP contribution in [0.25, 0.3) is 0 Å². The molecule has 0 heterocycles. The van der Waals surface area contributed by atoms with Gasteiger partial charge in [0, 0.05) is 38.3 Å². The number of aryl methyl sites for hydroxylation is 1. The van der Waals surface area contributed by atoms with Crippen LogP contribution >= 0.6 is 0 Å². The van der Waals surface area contributed by atoms with Gasteiger partial charge in [0.1, 0.15) is 5.75 Å². The molecule has 24 heavy (non-hydrogen) atoms. The van der Waals surface area contributed by atoms with Crippen molar-refractivity contribution in [3.05, 3.63) is 56.9 Å². The van der Waals surface area contributed by atoms with Gasteiger partial charge < -0.3 is 27.2 Å². The van der Waals surface area contributed by atoms with E-state index in [1.54, 1.807) is 67.1 Å². The zero-order valence-electron chi connectivity index (χ0n) is 14.2. The average Bonchev–Trinajstić information content (AvgIpc) is 2.51. The number of ether oxygens (including phenoxy) is 2. The molecular formula is C16H19NO4W3-2. The van der Waals surface area contributed by atoms with E-state index in [-0.39, 0.29) is 33.5 Å². The van der Waals surface area contributed by atoms with Crippen LogP contribution in [0, 0.1) is 43.7 Å². The third-order valence-corrected chi connectivity index (χ3v) is 3.27. The Hall–Kier alpha value is -0.235. The second-order valence-corrected chi connectivity index (χ2v) is 4.87. The van der Waals surface area contributed by atoms with Gasteiger partial charge in [-0.1, -0.05) is 0 Å². The number of benzene rings is 1. The van der Waals surface area contributed by atoms with Crippen molar-refractivity contribution in [3.63, 3.8) is 0 Å². The molecule has 0 spiro atoms. The van der Waals surface area contributed by atoms with E-state index >= 15 is 0 Å². The van der Waals surface area contributed by atoms with E-state index < -0.39 is 4.92 Å². The molecule has 132 valence electrons. The van der Waals surface area contributed by atoms with Crippen LogP contribution in [0.4, 0.5) is 5.69 Å². The van der Waals surface area contributed by atoms with Gasteiger partial charge in [-0.3, -0.25) is 10.1 Å². The third-order valence-electron chi connectivity index (χ3n) is 3.27. The Kier molecular flexibility index (Phi) is 14.1. The maximum absolute atomic E-state index is 10.9. The molecule has 0 amide bonds. The topological polar surface area (TPSA) is 61.6 Å². The molecule has 0 bridgehead atoms. The fourth-order valence-corrected chi connectivity index (χ4v) is 1.76. The summed E-state index contributed by atoms with van der Waals surface area (Å²) in [6.07, 6.45) is 2.66. The molecule has 0 radical (unpaired) electrons. The van der Waals surface area contributed by atoms with Gasteiger partial charge in [-0.2, -0.15) is 6.26 Å². The predicted octanol–water partition coefficient (Wildman–Crippen LogP) is 3.95. The molecule has 0 aromatic heterocycles. The normalized spacial score (nSPS) is 9.96. The van der Waals surface area contributed by atoms with Crippen LogP contribution in [-0.2, 0) is 58.2 Å². The van der Waals surface area contributed by atoms with Gasteiger partial charge in [-0.25, -0.2) is 0 Å². The first kappa shape index (κ1) is 26.0. The number of hydrogen-bond donors (Lipinski definition) is 0. The summed E-state index contributed by atoms with van der Waals surface area (Å²) in [4.78, 5) is 10.6. The first-order chi connectivity index (χ1) is 10.8. The molecule has 0 atom stereocenters. The quantitative estimate of drug-likeness (QED) is 0.0830. The summed E-state index contributed by atoms with van der Waals surface area (Å²) in [5.74, 6) is 0.589. The Morgan fingerprint density at radius 1 is 1.29 bits per heavy atom. The minimum atomic E-state index is -0.394. The van der Waals surface area contributed by atoms with Crippen LogP contribution in [0.1, 0.15) is 30.5 Å². The molecule has 8 heteroatoms. The molecule has 0 saturated heterocycles. The number of allylic oxidation sites excluding steroid dienone is 2. The summed E-state index contributed by atoms with van der Waals surface area (Å²) in [5.41, 5.74) is 3.42. The zero-order valence-corrected chi connectivity index (χ0v) is 23.0. The average molecular weight is 841 g/mol. The summed E-state index contributed by atoms with van der Waals surface area (Å²) in [7, 11) is 0. The van der Waals surface area contributed by atoms with Gasteiger partial charge in [0.05, 0.1) is 4.92 Å². The standard InChI is InChI=1S/C16H19NO4.3W/c1-10(2)12(4)8-20-9-21-16-11(3)7-15(17(18)19)13(5)14(16)6;;;/h1,7H,9H2,2-6H3;;;/q-2;;;. The van der Waals surface area contributed by atoms with Crippen LogP contribution in [0.15, 0.2) is 17.2 Å². The molecule has 0 saturated carbocycles. The molecule has 1 rings (SSSR count). The SMILES string of the molecule is [CH-]=C(C)C(C)=[C-]OCOc1c(C)cc([N+](=O)[O-])c(C)c1C.[W].[W]=[W]. The van der Waals surface area contributed by atoms with Crippen molar-refractivity contribution in [3.8, 4) is 5.75 Å². The van der Waals surface area contributed by atoms with E-state index in [4.69, 9.17) is 16.1 Å². The Bertz CT molecular complexity index is 630. The fourth-order valence-electron chi connectivity index (χ4n) is 1.76. The number of rotatable bonds is 6. The molecule has 0 N–H and O–H groups in total. The van der Waals surface area contributed by atoms with Crippen LogP contribution in [-0.4, -0.2) is 11.7 Å².